The van der Waals surface area contributed by atoms with Gasteiger partial charge in [-0.2, -0.15) is 17.0 Å². The molecule has 42 heavy (non-hydrogen) atoms. The molecule has 13 heteroatoms. The molecule has 2 aromatic rings. The maximum Gasteiger partial charge on any atom is 0.428 e. The van der Waals surface area contributed by atoms with E-state index in [1.807, 2.05) is 13.8 Å². The molecular weight excluding hydrogens is 607 g/mol. The first-order valence-corrected chi connectivity index (χ1v) is 15.8. The second-order valence-corrected chi connectivity index (χ2v) is 12.0. The highest BCUT2D eigenvalue weighted by Crippen LogP contribution is 2.42. The first-order valence-electron chi connectivity index (χ1n) is 13.6. The fourth-order valence-electron chi connectivity index (χ4n) is 4.10. The topological polar surface area (TPSA) is 120 Å². The summed E-state index contributed by atoms with van der Waals surface area (Å²) in [6, 6.07) is 9.34. The molecule has 1 aliphatic rings. The summed E-state index contributed by atoms with van der Waals surface area (Å²) >= 11 is 12.6. The van der Waals surface area contributed by atoms with Gasteiger partial charge in [-0.3, -0.25) is 0 Å². The number of hydrogen-bond acceptors (Lipinski definition) is 8. The van der Waals surface area contributed by atoms with E-state index >= 15 is 0 Å². The van der Waals surface area contributed by atoms with Gasteiger partial charge in [0.05, 0.1) is 37.0 Å². The van der Waals surface area contributed by atoms with Crippen LogP contribution in [-0.2, 0) is 35.8 Å². The van der Waals surface area contributed by atoms with Crippen molar-refractivity contribution in [3.63, 3.8) is 0 Å². The number of esters is 2. The van der Waals surface area contributed by atoms with Crippen LogP contribution in [0.15, 0.2) is 54.2 Å². The van der Waals surface area contributed by atoms with Crippen LogP contribution in [0.3, 0.4) is 0 Å². The lowest BCUT2D eigenvalue weighted by atomic mass is 9.98. The van der Waals surface area contributed by atoms with Crippen molar-refractivity contribution in [1.29, 1.82) is 0 Å². The molecule has 0 saturated heterocycles. The number of amides is 1. The van der Waals surface area contributed by atoms with E-state index in [2.05, 4.69) is 0 Å². The maximum absolute atomic E-state index is 14.0. The monoisotopic (exact) mass is 640 g/mol. The molecule has 1 amide bonds. The fraction of sp³-hybridized carbons (Fsp3) is 0.414. The van der Waals surface area contributed by atoms with Gasteiger partial charge in [0, 0.05) is 22.8 Å². The molecule has 0 spiro atoms. The Kier molecular flexibility index (Phi) is 12.2. The minimum Gasteiger partial charge on any atom is -0.463 e. The second-order valence-electron chi connectivity index (χ2n) is 9.38. The molecule has 228 valence electrons. The Labute approximate surface area is 256 Å². The van der Waals surface area contributed by atoms with Crippen LogP contribution in [0, 0.1) is 0 Å². The summed E-state index contributed by atoms with van der Waals surface area (Å²) in [5.74, 6) is -1.34. The quantitative estimate of drug-likeness (QED) is 0.148. The van der Waals surface area contributed by atoms with E-state index in [-0.39, 0.29) is 35.9 Å². The summed E-state index contributed by atoms with van der Waals surface area (Å²) in [7, 11) is -4.62. The van der Waals surface area contributed by atoms with Crippen molar-refractivity contribution in [3.05, 3.63) is 81.0 Å². The Morgan fingerprint density at radius 3 is 2.10 bits per heavy atom. The van der Waals surface area contributed by atoms with Crippen molar-refractivity contribution in [3.8, 4) is 0 Å². The summed E-state index contributed by atoms with van der Waals surface area (Å²) in [5, 5.41) is 0.408. The van der Waals surface area contributed by atoms with Gasteiger partial charge in [-0.1, -0.05) is 68.1 Å². The Morgan fingerprint density at radius 1 is 0.857 bits per heavy atom. The average Bonchev–Trinajstić information content (AvgIpc) is 2.95. The number of rotatable bonds is 12. The summed E-state index contributed by atoms with van der Waals surface area (Å²) in [6.07, 6.45) is 2.60. The van der Waals surface area contributed by atoms with Gasteiger partial charge in [-0.25, -0.2) is 14.4 Å². The third kappa shape index (κ3) is 8.03. The molecule has 1 unspecified atom stereocenters. The van der Waals surface area contributed by atoms with E-state index in [1.54, 1.807) is 19.1 Å². The second kappa shape index (κ2) is 15.4. The van der Waals surface area contributed by atoms with Crippen LogP contribution >= 0.6 is 23.2 Å². The van der Waals surface area contributed by atoms with Crippen molar-refractivity contribution in [2.75, 3.05) is 19.8 Å². The van der Waals surface area contributed by atoms with Crippen molar-refractivity contribution in [2.45, 2.75) is 59.0 Å². The molecule has 0 aromatic heterocycles. The standard InChI is InChI=1S/C29H34Cl2N2O8S/c1-4-7-15-40-27(34)21-11-9-20(10-12-21)18-32-26(23-14-13-22(30)17-25(23)31)24(28(35)39-6-3)19-33(42(32,37)38)29(36)41-16-8-5-2/h9-14,17,19,26H,4-8,15-16,18H2,1-3H3. The van der Waals surface area contributed by atoms with E-state index < -0.39 is 34.3 Å². The highest BCUT2D eigenvalue weighted by atomic mass is 35.5. The number of hydrogen-bond donors (Lipinski definition) is 0. The number of nitrogens with zero attached hydrogens (tertiary/aromatic N) is 2. The Morgan fingerprint density at radius 2 is 1.50 bits per heavy atom. The van der Waals surface area contributed by atoms with Crippen molar-refractivity contribution in [1.82, 2.24) is 8.61 Å². The summed E-state index contributed by atoms with van der Waals surface area (Å²) in [4.78, 5) is 38.6. The molecule has 0 aliphatic carbocycles. The molecule has 0 fully saturated rings. The summed E-state index contributed by atoms with van der Waals surface area (Å²) in [6.45, 7) is 5.46. The largest absolute Gasteiger partial charge is 0.463 e. The minimum atomic E-state index is -4.62. The normalized spacial score (nSPS) is 16.5. The van der Waals surface area contributed by atoms with Gasteiger partial charge in [-0.05, 0) is 55.2 Å². The van der Waals surface area contributed by atoms with Crippen molar-refractivity contribution >= 4 is 51.4 Å². The van der Waals surface area contributed by atoms with Gasteiger partial charge < -0.3 is 14.2 Å². The predicted molar refractivity (Wildman–Crippen MR) is 158 cm³/mol. The molecule has 1 aliphatic heterocycles. The first kappa shape index (κ1) is 33.4. The van der Waals surface area contributed by atoms with Crippen LogP contribution < -0.4 is 0 Å². The van der Waals surface area contributed by atoms with Gasteiger partial charge in [0.25, 0.3) is 0 Å². The zero-order chi connectivity index (χ0) is 30.9. The maximum atomic E-state index is 14.0. The van der Waals surface area contributed by atoms with E-state index in [1.165, 1.54) is 30.3 Å². The van der Waals surface area contributed by atoms with Gasteiger partial charge in [0.1, 0.15) is 0 Å². The van der Waals surface area contributed by atoms with Crippen LogP contribution in [0.1, 0.15) is 74.0 Å². The third-order valence-electron chi connectivity index (χ3n) is 6.31. The summed E-state index contributed by atoms with van der Waals surface area (Å²) in [5.41, 5.74) is 0.851. The molecule has 1 heterocycles. The number of halogens is 2. The molecule has 0 N–H and O–H groups in total. The van der Waals surface area contributed by atoms with Crippen molar-refractivity contribution in [2.24, 2.45) is 0 Å². The van der Waals surface area contributed by atoms with Crippen LogP contribution in [-0.4, -0.2) is 54.9 Å². The molecular formula is C29H34Cl2N2O8S. The Bertz CT molecular complexity index is 1410. The van der Waals surface area contributed by atoms with E-state index in [0.717, 1.165) is 29.8 Å². The lowest BCUT2D eigenvalue weighted by molar-refractivity contribution is -0.139. The van der Waals surface area contributed by atoms with Crippen LogP contribution in [0.5, 0.6) is 0 Å². The average molecular weight is 642 g/mol. The summed E-state index contributed by atoms with van der Waals surface area (Å²) < 4.78 is 45.1. The van der Waals surface area contributed by atoms with Gasteiger partial charge in [0.2, 0.25) is 0 Å². The Balaban J connectivity index is 2.10. The number of benzene rings is 2. The molecule has 0 saturated carbocycles. The van der Waals surface area contributed by atoms with Crippen molar-refractivity contribution < 1.29 is 37.0 Å². The zero-order valence-corrected chi connectivity index (χ0v) is 26.0. The van der Waals surface area contributed by atoms with E-state index in [0.29, 0.717) is 33.5 Å². The predicted octanol–water partition coefficient (Wildman–Crippen LogP) is 6.44. The fourth-order valence-corrected chi connectivity index (χ4v) is 6.13. The highest BCUT2D eigenvalue weighted by Gasteiger charge is 2.47. The minimum absolute atomic E-state index is 0.000752. The van der Waals surface area contributed by atoms with Crippen LogP contribution in [0.25, 0.3) is 0 Å². The van der Waals surface area contributed by atoms with E-state index in [4.69, 9.17) is 37.4 Å². The van der Waals surface area contributed by atoms with Gasteiger partial charge in [-0.15, -0.1) is 0 Å². The lowest BCUT2D eigenvalue weighted by Crippen LogP contribution is -2.50. The number of carbonyl (C=O) groups excluding carboxylic acids is 3. The highest BCUT2D eigenvalue weighted by molar-refractivity contribution is 7.87. The zero-order valence-electron chi connectivity index (χ0n) is 23.7. The molecule has 0 bridgehead atoms. The van der Waals surface area contributed by atoms with Crippen LogP contribution in [0.2, 0.25) is 10.0 Å². The lowest BCUT2D eigenvalue weighted by Gasteiger charge is -2.39. The number of carbonyl (C=O) groups is 3. The number of unbranched alkanes of at least 4 members (excludes halogenated alkanes) is 2. The first-order chi connectivity index (χ1) is 20.0. The van der Waals surface area contributed by atoms with E-state index in [9.17, 15) is 22.8 Å². The van der Waals surface area contributed by atoms with Crippen LogP contribution in [0.4, 0.5) is 4.79 Å². The van der Waals surface area contributed by atoms with Gasteiger partial charge >= 0.3 is 28.2 Å². The molecule has 2 aromatic carbocycles. The van der Waals surface area contributed by atoms with Gasteiger partial charge in [0.15, 0.2) is 0 Å². The molecule has 0 radical (unpaired) electrons. The molecule has 3 rings (SSSR count). The number of ether oxygens (including phenoxy) is 3. The Hall–Kier alpha value is -3.12. The molecule has 1 atom stereocenters. The third-order valence-corrected chi connectivity index (χ3v) is 8.56. The SMILES string of the molecule is CCCCOC(=O)c1ccc(CN2C(c3ccc(Cl)cc3Cl)C(C(=O)OCC)=CN(C(=O)OCCCC)S2(=O)=O)cc1. The smallest absolute Gasteiger partial charge is 0.428 e. The molecule has 10 nitrogen and oxygen atoms in total.